The summed E-state index contributed by atoms with van der Waals surface area (Å²) in [4.78, 5) is 2.79. The van der Waals surface area contributed by atoms with Gasteiger partial charge in [-0.1, -0.05) is 40.5 Å². The highest BCUT2D eigenvalue weighted by Gasteiger charge is 2.37. The molecule has 18 heavy (non-hydrogen) atoms. The van der Waals surface area contributed by atoms with Gasteiger partial charge >= 0.3 is 0 Å². The van der Waals surface area contributed by atoms with E-state index in [0.29, 0.717) is 5.54 Å². The third kappa shape index (κ3) is 3.71. The molecule has 0 aliphatic carbocycles. The average Bonchev–Trinajstić information content (AvgIpc) is 2.43. The van der Waals surface area contributed by atoms with E-state index in [-0.39, 0.29) is 0 Å². The van der Waals surface area contributed by atoms with Crippen LogP contribution >= 0.6 is 0 Å². The van der Waals surface area contributed by atoms with E-state index in [1.165, 1.54) is 51.6 Å². The number of unbranched alkanes of at least 4 members (excludes halogenated alkanes) is 1. The summed E-state index contributed by atoms with van der Waals surface area (Å²) in [6, 6.07) is 1.48. The molecule has 2 unspecified atom stereocenters. The highest BCUT2D eigenvalue weighted by Crippen LogP contribution is 2.26. The van der Waals surface area contributed by atoms with E-state index < -0.39 is 0 Å². The van der Waals surface area contributed by atoms with E-state index in [0.717, 1.165) is 12.1 Å². The highest BCUT2D eigenvalue weighted by molar-refractivity contribution is 4.97. The van der Waals surface area contributed by atoms with Crippen molar-refractivity contribution in [1.82, 2.24) is 10.2 Å². The predicted molar refractivity (Wildman–Crippen MR) is 81.1 cm³/mol. The van der Waals surface area contributed by atoms with Crippen LogP contribution in [0.4, 0.5) is 0 Å². The van der Waals surface area contributed by atoms with Crippen LogP contribution in [0.1, 0.15) is 73.1 Å². The van der Waals surface area contributed by atoms with Gasteiger partial charge in [0.05, 0.1) is 0 Å². The third-order valence-electron chi connectivity index (χ3n) is 5.03. The molecule has 2 atom stereocenters. The first kappa shape index (κ1) is 16.0. The van der Waals surface area contributed by atoms with Gasteiger partial charge in [-0.25, -0.2) is 0 Å². The van der Waals surface area contributed by atoms with Crippen molar-refractivity contribution in [2.24, 2.45) is 0 Å². The first-order valence-electron chi connectivity index (χ1n) is 8.13. The van der Waals surface area contributed by atoms with E-state index in [4.69, 9.17) is 0 Å². The largest absolute Gasteiger partial charge is 0.308 e. The Kier molecular flexibility index (Phi) is 6.65. The zero-order valence-electron chi connectivity index (χ0n) is 13.3. The van der Waals surface area contributed by atoms with Gasteiger partial charge in [0.15, 0.2) is 0 Å². The minimum absolute atomic E-state index is 0.367. The van der Waals surface area contributed by atoms with Gasteiger partial charge < -0.3 is 5.32 Å². The molecule has 0 aromatic rings. The van der Waals surface area contributed by atoms with Gasteiger partial charge in [0.25, 0.3) is 0 Å². The Morgan fingerprint density at radius 1 is 1.22 bits per heavy atom. The van der Waals surface area contributed by atoms with Crippen LogP contribution in [0.2, 0.25) is 0 Å². The van der Waals surface area contributed by atoms with E-state index >= 15 is 0 Å². The lowest BCUT2D eigenvalue weighted by Crippen LogP contribution is -2.65. The Morgan fingerprint density at radius 2 is 1.89 bits per heavy atom. The Hall–Kier alpha value is -0.0800. The molecule has 1 rings (SSSR count). The SMILES string of the molecule is CCCCC(C)N1CC(CC)(CC)NCC1CC. The summed E-state index contributed by atoms with van der Waals surface area (Å²) in [6.07, 6.45) is 7.81. The fraction of sp³-hybridized carbons (Fsp3) is 1.00. The third-order valence-corrected chi connectivity index (χ3v) is 5.03. The monoisotopic (exact) mass is 254 g/mol. The van der Waals surface area contributed by atoms with E-state index in [2.05, 4.69) is 44.8 Å². The molecule has 1 saturated heterocycles. The van der Waals surface area contributed by atoms with Crippen molar-refractivity contribution in [1.29, 1.82) is 0 Å². The molecule has 1 aliphatic rings. The molecule has 2 nitrogen and oxygen atoms in total. The normalized spacial score (nSPS) is 26.2. The zero-order valence-corrected chi connectivity index (χ0v) is 13.3. The van der Waals surface area contributed by atoms with Crippen molar-refractivity contribution in [3.63, 3.8) is 0 Å². The maximum Gasteiger partial charge on any atom is 0.0304 e. The summed E-state index contributed by atoms with van der Waals surface area (Å²) in [5, 5.41) is 3.83. The van der Waals surface area contributed by atoms with Crippen LogP contribution in [0.3, 0.4) is 0 Å². The van der Waals surface area contributed by atoms with Crippen LogP contribution in [0.25, 0.3) is 0 Å². The van der Waals surface area contributed by atoms with Gasteiger partial charge in [-0.3, -0.25) is 4.90 Å². The standard InChI is InChI=1S/C16H34N2/c1-6-10-11-14(5)18-13-16(8-3,9-4)17-12-15(18)7-2/h14-15,17H,6-13H2,1-5H3. The quantitative estimate of drug-likeness (QED) is 0.743. The zero-order chi connectivity index (χ0) is 13.6. The number of hydrogen-bond donors (Lipinski definition) is 1. The molecule has 0 amide bonds. The fourth-order valence-corrected chi connectivity index (χ4v) is 3.27. The first-order valence-corrected chi connectivity index (χ1v) is 8.13. The van der Waals surface area contributed by atoms with Crippen molar-refractivity contribution in [2.45, 2.75) is 90.8 Å². The molecule has 0 radical (unpaired) electrons. The summed E-state index contributed by atoms with van der Waals surface area (Å²) >= 11 is 0. The number of piperazine rings is 1. The second kappa shape index (κ2) is 7.49. The average molecular weight is 254 g/mol. The van der Waals surface area contributed by atoms with Crippen LogP contribution in [-0.2, 0) is 0 Å². The van der Waals surface area contributed by atoms with Crippen LogP contribution < -0.4 is 5.32 Å². The molecular formula is C16H34N2. The van der Waals surface area contributed by atoms with Gasteiger partial charge in [0, 0.05) is 30.7 Å². The van der Waals surface area contributed by atoms with E-state index in [9.17, 15) is 0 Å². The van der Waals surface area contributed by atoms with Crippen molar-refractivity contribution in [2.75, 3.05) is 13.1 Å². The van der Waals surface area contributed by atoms with Crippen molar-refractivity contribution >= 4 is 0 Å². The molecule has 0 aromatic heterocycles. The number of rotatable bonds is 7. The van der Waals surface area contributed by atoms with E-state index in [1.54, 1.807) is 0 Å². The number of nitrogens with one attached hydrogen (secondary N) is 1. The second-order valence-electron chi connectivity index (χ2n) is 6.09. The lowest BCUT2D eigenvalue weighted by atomic mass is 9.87. The molecule has 1 N–H and O–H groups in total. The molecule has 1 fully saturated rings. The summed E-state index contributed by atoms with van der Waals surface area (Å²) in [5.74, 6) is 0. The minimum atomic E-state index is 0.367. The van der Waals surface area contributed by atoms with Gasteiger partial charge in [-0.2, -0.15) is 0 Å². The van der Waals surface area contributed by atoms with Gasteiger partial charge in [-0.05, 0) is 32.6 Å². The molecule has 0 saturated carbocycles. The molecule has 0 bridgehead atoms. The number of nitrogens with zero attached hydrogens (tertiary/aromatic N) is 1. The summed E-state index contributed by atoms with van der Waals surface area (Å²) in [5.41, 5.74) is 0.367. The minimum Gasteiger partial charge on any atom is -0.308 e. The van der Waals surface area contributed by atoms with Crippen LogP contribution in [0.5, 0.6) is 0 Å². The van der Waals surface area contributed by atoms with Gasteiger partial charge in [0.1, 0.15) is 0 Å². The molecule has 108 valence electrons. The van der Waals surface area contributed by atoms with Crippen molar-refractivity contribution < 1.29 is 0 Å². The smallest absolute Gasteiger partial charge is 0.0304 e. The molecule has 0 spiro atoms. The maximum absolute atomic E-state index is 3.83. The maximum atomic E-state index is 3.83. The molecule has 1 heterocycles. The Labute approximate surface area is 115 Å². The van der Waals surface area contributed by atoms with Crippen molar-refractivity contribution in [3.05, 3.63) is 0 Å². The predicted octanol–water partition coefficient (Wildman–Crippen LogP) is 3.81. The topological polar surface area (TPSA) is 15.3 Å². The molecule has 2 heteroatoms. The van der Waals surface area contributed by atoms with Crippen LogP contribution in [0, 0.1) is 0 Å². The lowest BCUT2D eigenvalue weighted by Gasteiger charge is -2.50. The van der Waals surface area contributed by atoms with Crippen molar-refractivity contribution in [3.8, 4) is 0 Å². The summed E-state index contributed by atoms with van der Waals surface area (Å²) in [7, 11) is 0. The van der Waals surface area contributed by atoms with E-state index in [1.807, 2.05) is 0 Å². The van der Waals surface area contributed by atoms with Crippen LogP contribution in [0.15, 0.2) is 0 Å². The second-order valence-corrected chi connectivity index (χ2v) is 6.09. The molecule has 1 aliphatic heterocycles. The van der Waals surface area contributed by atoms with Crippen LogP contribution in [-0.4, -0.2) is 35.6 Å². The lowest BCUT2D eigenvalue weighted by molar-refractivity contribution is 0.0370. The summed E-state index contributed by atoms with van der Waals surface area (Å²) < 4.78 is 0. The number of hydrogen-bond acceptors (Lipinski definition) is 2. The Bertz CT molecular complexity index is 223. The first-order chi connectivity index (χ1) is 8.62. The Morgan fingerprint density at radius 3 is 2.39 bits per heavy atom. The molecular weight excluding hydrogens is 220 g/mol. The summed E-state index contributed by atoms with van der Waals surface area (Å²) in [6.45, 7) is 14.1. The van der Waals surface area contributed by atoms with Gasteiger partial charge in [0.2, 0.25) is 0 Å². The van der Waals surface area contributed by atoms with Gasteiger partial charge in [-0.15, -0.1) is 0 Å². The Balaban J connectivity index is 2.69. The molecule has 0 aromatic carbocycles. The highest BCUT2D eigenvalue weighted by atomic mass is 15.3. The fourth-order valence-electron chi connectivity index (χ4n) is 3.27.